The van der Waals surface area contributed by atoms with Crippen molar-refractivity contribution in [3.63, 3.8) is 0 Å². The van der Waals surface area contributed by atoms with Crippen molar-refractivity contribution in [1.29, 1.82) is 0 Å². The van der Waals surface area contributed by atoms with Crippen molar-refractivity contribution in [3.8, 4) is 0 Å². The van der Waals surface area contributed by atoms with Gasteiger partial charge in [0.2, 0.25) is 0 Å². The van der Waals surface area contributed by atoms with Crippen LogP contribution in [0, 0.1) is 5.41 Å². The highest BCUT2D eigenvalue weighted by Gasteiger charge is 2.45. The van der Waals surface area contributed by atoms with E-state index in [2.05, 4.69) is 4.74 Å². The first-order chi connectivity index (χ1) is 8.60. The summed E-state index contributed by atoms with van der Waals surface area (Å²) in [5.74, 6) is -2.30. The minimum Gasteiger partial charge on any atom is -0.458 e. The summed E-state index contributed by atoms with van der Waals surface area (Å²) in [6.45, 7) is 0.224. The van der Waals surface area contributed by atoms with Crippen molar-refractivity contribution < 1.29 is 41.1 Å². The normalized spacial score (nSPS) is 32.1. The van der Waals surface area contributed by atoms with Crippen LogP contribution in [0.4, 0.5) is 13.2 Å². The molecule has 6 nitrogen and oxygen atoms in total. The molecule has 0 aliphatic carbocycles. The van der Waals surface area contributed by atoms with E-state index in [0.29, 0.717) is 0 Å². The quantitative estimate of drug-likeness (QED) is 0.580. The topological polar surface area (TPSA) is 71.1 Å². The second-order valence-corrected chi connectivity index (χ2v) is 6.38. The first-order valence-corrected chi connectivity index (χ1v) is 7.19. The Hall–Kier alpha value is -0.630. The minimum atomic E-state index is -5.06. The number of hydrogen-bond donors (Lipinski definition) is 0. The van der Waals surface area contributed by atoms with Crippen molar-refractivity contribution >= 4 is 13.6 Å². The van der Waals surface area contributed by atoms with Crippen LogP contribution in [0.15, 0.2) is 0 Å². The Balaban J connectivity index is 2.64. The van der Waals surface area contributed by atoms with E-state index in [4.69, 9.17) is 13.8 Å². The van der Waals surface area contributed by atoms with E-state index >= 15 is 0 Å². The molecule has 19 heavy (non-hydrogen) atoms. The van der Waals surface area contributed by atoms with E-state index in [1.165, 1.54) is 13.8 Å². The molecule has 0 atom stereocenters. The second kappa shape index (κ2) is 5.78. The molecule has 1 saturated heterocycles. The van der Waals surface area contributed by atoms with E-state index in [1.54, 1.807) is 0 Å². The summed E-state index contributed by atoms with van der Waals surface area (Å²) in [6, 6.07) is 0. The molecule has 1 rings (SSSR count). The Labute approximate surface area is 107 Å². The van der Waals surface area contributed by atoms with Crippen LogP contribution in [-0.4, -0.2) is 52.3 Å². The molecule has 1 fully saturated rings. The molecule has 0 aromatic carbocycles. The number of rotatable bonds is 4. The van der Waals surface area contributed by atoms with Crippen molar-refractivity contribution in [2.45, 2.75) is 6.18 Å². The van der Waals surface area contributed by atoms with Crippen molar-refractivity contribution in [3.05, 3.63) is 0 Å². The molecule has 0 N–H and O–H groups in total. The third-order valence-corrected chi connectivity index (χ3v) is 3.60. The molecule has 0 radical (unpaired) electrons. The van der Waals surface area contributed by atoms with Gasteiger partial charge in [0.1, 0.15) is 6.61 Å². The molecule has 0 spiro atoms. The molecular formula is C9H14F3O6P. The maximum atomic E-state index is 12.0. The maximum Gasteiger partial charge on any atom is 0.490 e. The largest absolute Gasteiger partial charge is 0.490 e. The second-order valence-electron chi connectivity index (χ2n) is 4.33. The summed E-state index contributed by atoms with van der Waals surface area (Å²) >= 11 is 0. The van der Waals surface area contributed by atoms with E-state index in [0.717, 1.165) is 0 Å². The molecule has 1 heterocycles. The molecular weight excluding hydrogens is 292 g/mol. The molecule has 0 aromatic rings. The van der Waals surface area contributed by atoms with Crippen LogP contribution in [0.25, 0.3) is 0 Å². The maximum absolute atomic E-state index is 12.0. The zero-order valence-electron chi connectivity index (χ0n) is 10.4. The Morgan fingerprint density at radius 2 is 1.84 bits per heavy atom. The summed E-state index contributed by atoms with van der Waals surface area (Å²) < 4.78 is 66.4. The summed E-state index contributed by atoms with van der Waals surface area (Å²) in [4.78, 5) is 10.7. The summed E-state index contributed by atoms with van der Waals surface area (Å²) in [7, 11) is -1.86. The van der Waals surface area contributed by atoms with Crippen LogP contribution in [0.5, 0.6) is 0 Å². The first-order valence-electron chi connectivity index (χ1n) is 5.20. The summed E-state index contributed by atoms with van der Waals surface area (Å²) in [5, 5.41) is 0. The van der Waals surface area contributed by atoms with Crippen LogP contribution >= 0.6 is 7.60 Å². The van der Waals surface area contributed by atoms with Gasteiger partial charge in [-0.1, -0.05) is 0 Å². The van der Waals surface area contributed by atoms with E-state index in [-0.39, 0.29) is 19.8 Å². The third-order valence-electron chi connectivity index (χ3n) is 2.40. The predicted octanol–water partition coefficient (Wildman–Crippen LogP) is 1.59. The lowest BCUT2D eigenvalue weighted by atomic mass is 9.92. The fourth-order valence-electron chi connectivity index (χ4n) is 1.40. The zero-order chi connectivity index (χ0) is 14.7. The predicted molar refractivity (Wildman–Crippen MR) is 56.8 cm³/mol. The van der Waals surface area contributed by atoms with Crippen LogP contribution in [0.1, 0.15) is 0 Å². The smallest absolute Gasteiger partial charge is 0.458 e. The minimum absolute atomic E-state index is 0.0574. The Morgan fingerprint density at radius 3 is 2.26 bits per heavy atom. The van der Waals surface area contributed by atoms with Crippen molar-refractivity contribution in [2.24, 2.45) is 5.41 Å². The van der Waals surface area contributed by atoms with Crippen molar-refractivity contribution in [2.75, 3.05) is 40.2 Å². The molecule has 0 aromatic heterocycles. The zero-order valence-corrected chi connectivity index (χ0v) is 11.3. The Bertz CT molecular complexity index is 371. The molecule has 0 unspecified atom stereocenters. The van der Waals surface area contributed by atoms with E-state index < -0.39 is 31.8 Å². The molecule has 0 bridgehead atoms. The van der Waals surface area contributed by atoms with Gasteiger partial charge in [0.15, 0.2) is 0 Å². The molecule has 1 aliphatic heterocycles. The van der Waals surface area contributed by atoms with Crippen LogP contribution in [-0.2, 0) is 27.9 Å². The average molecular weight is 306 g/mol. The molecule has 1 aliphatic rings. The SMILES string of the molecule is COCC1(COC(=O)C(F)(F)F)COP(C)(=O)OC1. The van der Waals surface area contributed by atoms with Gasteiger partial charge in [-0.05, 0) is 0 Å². The molecule has 112 valence electrons. The van der Waals surface area contributed by atoms with E-state index in [1.807, 2.05) is 0 Å². The third kappa shape index (κ3) is 4.76. The first kappa shape index (κ1) is 16.4. The Morgan fingerprint density at radius 1 is 1.32 bits per heavy atom. The number of carbonyl (C=O) groups is 1. The van der Waals surface area contributed by atoms with Gasteiger partial charge in [-0.15, -0.1) is 0 Å². The monoisotopic (exact) mass is 306 g/mol. The lowest BCUT2D eigenvalue weighted by molar-refractivity contribution is -0.205. The fraction of sp³-hybridized carbons (Fsp3) is 0.889. The highest BCUT2D eigenvalue weighted by Crippen LogP contribution is 2.50. The molecule has 0 saturated carbocycles. The van der Waals surface area contributed by atoms with E-state index in [9.17, 15) is 22.5 Å². The number of carbonyl (C=O) groups excluding carboxylic acids is 1. The number of halogens is 3. The number of hydrogen-bond acceptors (Lipinski definition) is 6. The number of esters is 1. The summed E-state index contributed by atoms with van der Waals surface area (Å²) in [6.07, 6.45) is -5.06. The highest BCUT2D eigenvalue weighted by molar-refractivity contribution is 7.53. The number of ether oxygens (including phenoxy) is 2. The van der Waals surface area contributed by atoms with Gasteiger partial charge in [0, 0.05) is 13.8 Å². The fourth-order valence-corrected chi connectivity index (χ4v) is 2.49. The van der Waals surface area contributed by atoms with Gasteiger partial charge >= 0.3 is 19.7 Å². The standard InChI is InChI=1S/C9H14F3O6P/c1-15-3-8(4-16-7(13)9(10,11)12)5-17-19(2,14)18-6-8/h3-6H2,1-2H3. The lowest BCUT2D eigenvalue weighted by Crippen LogP contribution is -2.45. The number of alkyl halides is 3. The molecule has 0 amide bonds. The van der Waals surface area contributed by atoms with Gasteiger partial charge in [-0.3, -0.25) is 4.57 Å². The van der Waals surface area contributed by atoms with Gasteiger partial charge in [-0.2, -0.15) is 13.2 Å². The van der Waals surface area contributed by atoms with Crippen LogP contribution < -0.4 is 0 Å². The van der Waals surface area contributed by atoms with Gasteiger partial charge in [0.25, 0.3) is 0 Å². The van der Waals surface area contributed by atoms with Crippen molar-refractivity contribution in [1.82, 2.24) is 0 Å². The van der Waals surface area contributed by atoms with Crippen LogP contribution in [0.3, 0.4) is 0 Å². The lowest BCUT2D eigenvalue weighted by Gasteiger charge is -2.37. The summed E-state index contributed by atoms with van der Waals surface area (Å²) in [5.41, 5.74) is -1.10. The Kier molecular flexibility index (Phi) is 5.00. The number of methoxy groups -OCH3 is 1. The average Bonchev–Trinajstić information content (AvgIpc) is 2.29. The van der Waals surface area contributed by atoms with Gasteiger partial charge in [0.05, 0.1) is 25.2 Å². The highest BCUT2D eigenvalue weighted by atomic mass is 31.2. The van der Waals surface area contributed by atoms with Gasteiger partial charge in [-0.25, -0.2) is 4.79 Å². The van der Waals surface area contributed by atoms with Crippen LogP contribution in [0.2, 0.25) is 0 Å². The molecule has 10 heteroatoms. The van der Waals surface area contributed by atoms with Gasteiger partial charge < -0.3 is 18.5 Å².